The van der Waals surface area contributed by atoms with Crippen molar-refractivity contribution in [2.75, 3.05) is 67.7 Å². The van der Waals surface area contributed by atoms with E-state index in [1.54, 1.807) is 6.33 Å². The van der Waals surface area contributed by atoms with Crippen LogP contribution in [-0.4, -0.2) is 72.4 Å². The zero-order chi connectivity index (χ0) is 21.1. The third-order valence-electron chi connectivity index (χ3n) is 5.97. The van der Waals surface area contributed by atoms with Crippen LogP contribution in [0, 0.1) is 0 Å². The standard InChI is InChI=1S/C22H29N7O2/c1-22(5-3-2-4-6-22)29-17-23-21(26-29)24-18-15-19(27-7-11-30-12-8-27)25-20(16-18)28-9-13-31-14-10-28/h2-5,15-17H,6-14H2,1H3,(H,24,25,26). The first-order chi connectivity index (χ1) is 15.2. The molecule has 2 aromatic heterocycles. The third kappa shape index (κ3) is 4.42. The number of morpholine rings is 2. The second-order valence-electron chi connectivity index (χ2n) is 8.26. The molecular formula is C22H29N7O2. The highest BCUT2D eigenvalue weighted by Crippen LogP contribution is 2.28. The fourth-order valence-corrected chi connectivity index (χ4v) is 4.06. The normalized spacial score (nSPS) is 23.9. The summed E-state index contributed by atoms with van der Waals surface area (Å²) in [6.45, 7) is 8.39. The van der Waals surface area contributed by atoms with Gasteiger partial charge in [0.25, 0.3) is 0 Å². The number of pyridine rings is 1. The maximum atomic E-state index is 5.52. The number of anilines is 4. The van der Waals surface area contributed by atoms with Crippen LogP contribution in [0.4, 0.5) is 23.3 Å². The molecule has 2 saturated heterocycles. The van der Waals surface area contributed by atoms with Gasteiger partial charge in [0.1, 0.15) is 18.0 Å². The summed E-state index contributed by atoms with van der Waals surface area (Å²) < 4.78 is 13.0. The highest BCUT2D eigenvalue weighted by Gasteiger charge is 2.25. The Morgan fingerprint density at radius 1 is 0.935 bits per heavy atom. The van der Waals surface area contributed by atoms with E-state index < -0.39 is 0 Å². The molecule has 31 heavy (non-hydrogen) atoms. The van der Waals surface area contributed by atoms with Crippen LogP contribution >= 0.6 is 0 Å². The Bertz CT molecular complexity index is 924. The van der Waals surface area contributed by atoms with Crippen molar-refractivity contribution >= 4 is 23.3 Å². The van der Waals surface area contributed by atoms with Crippen molar-refractivity contribution in [3.05, 3.63) is 42.8 Å². The van der Waals surface area contributed by atoms with Gasteiger partial charge in [0.15, 0.2) is 0 Å². The Kier molecular flexibility index (Phi) is 5.61. The second kappa shape index (κ2) is 8.68. The SMILES string of the molecule is CC1(n2cnc(Nc3cc(N4CCOCC4)nc(N4CCOCC4)c3)n2)C=CC=CC1. The molecule has 2 fully saturated rings. The van der Waals surface area contributed by atoms with Crippen molar-refractivity contribution in [3.63, 3.8) is 0 Å². The van der Waals surface area contributed by atoms with E-state index in [2.05, 4.69) is 63.5 Å². The third-order valence-corrected chi connectivity index (χ3v) is 5.97. The lowest BCUT2D eigenvalue weighted by atomic mass is 9.94. The summed E-state index contributed by atoms with van der Waals surface area (Å²) in [6.07, 6.45) is 11.1. The van der Waals surface area contributed by atoms with E-state index >= 15 is 0 Å². The zero-order valence-electron chi connectivity index (χ0n) is 17.9. The van der Waals surface area contributed by atoms with E-state index in [1.165, 1.54) is 0 Å². The molecule has 0 aromatic carbocycles. The molecule has 1 aliphatic carbocycles. The van der Waals surface area contributed by atoms with Crippen LogP contribution in [0.2, 0.25) is 0 Å². The second-order valence-corrected chi connectivity index (χ2v) is 8.26. The number of allylic oxidation sites excluding steroid dienone is 4. The molecule has 5 rings (SSSR count). The average molecular weight is 424 g/mol. The van der Waals surface area contributed by atoms with Gasteiger partial charge in [0, 0.05) is 44.0 Å². The number of nitrogens with one attached hydrogen (secondary N) is 1. The van der Waals surface area contributed by atoms with E-state index in [-0.39, 0.29) is 5.54 Å². The lowest BCUT2D eigenvalue weighted by Crippen LogP contribution is -2.39. The van der Waals surface area contributed by atoms with E-state index in [0.717, 1.165) is 76.4 Å². The van der Waals surface area contributed by atoms with Gasteiger partial charge in [-0.1, -0.05) is 24.3 Å². The molecule has 0 radical (unpaired) electrons. The van der Waals surface area contributed by atoms with Crippen LogP contribution in [0.5, 0.6) is 0 Å². The first-order valence-corrected chi connectivity index (χ1v) is 10.9. The topological polar surface area (TPSA) is 80.6 Å². The number of nitrogens with zero attached hydrogens (tertiary/aromatic N) is 6. The summed E-state index contributed by atoms with van der Waals surface area (Å²) in [5.74, 6) is 2.47. The summed E-state index contributed by atoms with van der Waals surface area (Å²) in [5, 5.41) is 8.11. The number of rotatable bonds is 5. The predicted octanol–water partition coefficient (Wildman–Crippen LogP) is 2.32. The summed E-state index contributed by atoms with van der Waals surface area (Å²) in [5.41, 5.74) is 0.734. The van der Waals surface area contributed by atoms with Crippen LogP contribution in [0.1, 0.15) is 13.3 Å². The highest BCUT2D eigenvalue weighted by atomic mass is 16.5. The van der Waals surface area contributed by atoms with E-state index in [0.29, 0.717) is 5.95 Å². The Labute approximate surface area is 182 Å². The molecule has 0 bridgehead atoms. The molecule has 2 aliphatic heterocycles. The summed E-state index contributed by atoms with van der Waals surface area (Å²) in [6, 6.07) is 4.14. The Balaban J connectivity index is 1.41. The number of aromatic nitrogens is 4. The first kappa shape index (κ1) is 20.0. The molecule has 2 aromatic rings. The van der Waals surface area contributed by atoms with Gasteiger partial charge in [0.2, 0.25) is 5.95 Å². The Morgan fingerprint density at radius 2 is 1.58 bits per heavy atom. The van der Waals surface area contributed by atoms with Crippen molar-refractivity contribution in [2.24, 2.45) is 0 Å². The van der Waals surface area contributed by atoms with E-state index in [4.69, 9.17) is 19.6 Å². The van der Waals surface area contributed by atoms with Gasteiger partial charge in [-0.3, -0.25) is 0 Å². The smallest absolute Gasteiger partial charge is 0.246 e. The van der Waals surface area contributed by atoms with Crippen molar-refractivity contribution in [1.29, 1.82) is 0 Å². The molecule has 1 unspecified atom stereocenters. The summed E-state index contributed by atoms with van der Waals surface area (Å²) >= 11 is 0. The van der Waals surface area contributed by atoms with Gasteiger partial charge in [-0.25, -0.2) is 14.6 Å². The monoisotopic (exact) mass is 423 g/mol. The largest absolute Gasteiger partial charge is 0.378 e. The minimum atomic E-state index is -0.197. The Hall–Kier alpha value is -2.91. The molecule has 9 heteroatoms. The molecule has 1 atom stereocenters. The molecule has 1 N–H and O–H groups in total. The first-order valence-electron chi connectivity index (χ1n) is 10.9. The molecule has 4 heterocycles. The van der Waals surface area contributed by atoms with Crippen LogP contribution in [-0.2, 0) is 15.0 Å². The molecule has 0 amide bonds. The molecule has 9 nitrogen and oxygen atoms in total. The number of hydrogen-bond acceptors (Lipinski definition) is 8. The average Bonchev–Trinajstić information content (AvgIpc) is 3.30. The quantitative estimate of drug-likeness (QED) is 0.785. The van der Waals surface area contributed by atoms with Crippen molar-refractivity contribution < 1.29 is 9.47 Å². The lowest BCUT2D eigenvalue weighted by Gasteiger charge is -2.31. The minimum absolute atomic E-state index is 0.197. The minimum Gasteiger partial charge on any atom is -0.378 e. The number of hydrogen-bond donors (Lipinski definition) is 1. The van der Waals surface area contributed by atoms with Gasteiger partial charge in [-0.2, -0.15) is 0 Å². The van der Waals surface area contributed by atoms with Gasteiger partial charge in [-0.15, -0.1) is 5.10 Å². The number of ether oxygens (including phenoxy) is 2. The van der Waals surface area contributed by atoms with Gasteiger partial charge in [-0.05, 0) is 13.3 Å². The zero-order valence-corrected chi connectivity index (χ0v) is 17.9. The molecule has 164 valence electrons. The molecule has 0 saturated carbocycles. The summed E-state index contributed by atoms with van der Waals surface area (Å²) in [4.78, 5) is 14.0. The fraction of sp³-hybridized carbons (Fsp3) is 0.500. The van der Waals surface area contributed by atoms with Crippen LogP contribution in [0.15, 0.2) is 42.8 Å². The van der Waals surface area contributed by atoms with Crippen molar-refractivity contribution in [3.8, 4) is 0 Å². The summed E-state index contributed by atoms with van der Waals surface area (Å²) in [7, 11) is 0. The van der Waals surface area contributed by atoms with Crippen LogP contribution in [0.25, 0.3) is 0 Å². The molecule has 3 aliphatic rings. The maximum Gasteiger partial charge on any atom is 0.246 e. The maximum absolute atomic E-state index is 5.52. The van der Waals surface area contributed by atoms with E-state index in [1.807, 2.05) is 4.68 Å². The molecule has 0 spiro atoms. The molecular weight excluding hydrogens is 394 g/mol. The fourth-order valence-electron chi connectivity index (χ4n) is 4.06. The predicted molar refractivity (Wildman–Crippen MR) is 120 cm³/mol. The van der Waals surface area contributed by atoms with Crippen LogP contribution < -0.4 is 15.1 Å². The van der Waals surface area contributed by atoms with Crippen molar-refractivity contribution in [1.82, 2.24) is 19.7 Å². The van der Waals surface area contributed by atoms with Crippen molar-refractivity contribution in [2.45, 2.75) is 18.9 Å². The van der Waals surface area contributed by atoms with E-state index in [9.17, 15) is 0 Å². The van der Waals surface area contributed by atoms with Gasteiger partial charge < -0.3 is 24.6 Å². The van der Waals surface area contributed by atoms with Crippen LogP contribution in [0.3, 0.4) is 0 Å². The lowest BCUT2D eigenvalue weighted by molar-refractivity contribution is 0.121. The van der Waals surface area contributed by atoms with Gasteiger partial charge >= 0.3 is 0 Å². The highest BCUT2D eigenvalue weighted by molar-refractivity contribution is 5.65. The Morgan fingerprint density at radius 3 is 2.16 bits per heavy atom. The van der Waals surface area contributed by atoms with Gasteiger partial charge in [0.05, 0.1) is 32.0 Å².